The molecule has 2 unspecified atom stereocenters. The molecule has 0 aliphatic carbocycles. The van der Waals surface area contributed by atoms with E-state index in [9.17, 15) is 4.79 Å². The minimum atomic E-state index is 0.184. The van der Waals surface area contributed by atoms with Gasteiger partial charge in [-0.05, 0) is 37.1 Å². The number of carbonyl (C=O) groups excluding carboxylic acids is 1. The summed E-state index contributed by atoms with van der Waals surface area (Å²) in [7, 11) is 0. The molecule has 1 aromatic heterocycles. The molecule has 144 valence electrons. The first-order valence-electron chi connectivity index (χ1n) is 9.38. The first kappa shape index (κ1) is 19.4. The molecule has 2 aliphatic heterocycles. The molecule has 2 atom stereocenters. The van der Waals surface area contributed by atoms with Gasteiger partial charge in [0.2, 0.25) is 5.91 Å². The summed E-state index contributed by atoms with van der Waals surface area (Å²) in [6, 6.07) is 8.46. The van der Waals surface area contributed by atoms with E-state index in [4.69, 9.17) is 9.72 Å². The van der Waals surface area contributed by atoms with Crippen LogP contribution in [0, 0.1) is 0 Å². The van der Waals surface area contributed by atoms with Gasteiger partial charge in [-0.2, -0.15) is 11.8 Å². The number of nitrogens with zero attached hydrogens (tertiary/aromatic N) is 2. The Morgan fingerprint density at radius 1 is 1.37 bits per heavy atom. The van der Waals surface area contributed by atoms with Crippen LogP contribution >= 0.6 is 39.0 Å². The molecule has 0 spiro atoms. The summed E-state index contributed by atoms with van der Waals surface area (Å²) in [6.45, 7) is 1.56. The average molecular weight is 467 g/mol. The van der Waals surface area contributed by atoms with Crippen molar-refractivity contribution in [2.75, 3.05) is 24.7 Å². The minimum absolute atomic E-state index is 0.184. The molecule has 0 N–H and O–H groups in total. The second-order valence-corrected chi connectivity index (χ2v) is 9.95. The Morgan fingerprint density at radius 2 is 2.30 bits per heavy atom. The van der Waals surface area contributed by atoms with Gasteiger partial charge in [0.1, 0.15) is 5.01 Å². The summed E-state index contributed by atoms with van der Waals surface area (Å²) in [5, 5.41) is 2.98. The van der Waals surface area contributed by atoms with E-state index >= 15 is 0 Å². The van der Waals surface area contributed by atoms with Gasteiger partial charge < -0.3 is 9.64 Å². The van der Waals surface area contributed by atoms with Crippen LogP contribution in [0.2, 0.25) is 0 Å². The van der Waals surface area contributed by atoms with E-state index in [0.29, 0.717) is 12.5 Å². The maximum Gasteiger partial charge on any atom is 0.228 e. The first-order valence-corrected chi connectivity index (χ1v) is 12.2. The van der Waals surface area contributed by atoms with Crippen LogP contribution in [0.15, 0.2) is 34.1 Å². The quantitative estimate of drug-likeness (QED) is 0.622. The van der Waals surface area contributed by atoms with Crippen molar-refractivity contribution in [3.63, 3.8) is 0 Å². The van der Waals surface area contributed by atoms with Gasteiger partial charge in [0, 0.05) is 40.4 Å². The van der Waals surface area contributed by atoms with Gasteiger partial charge in [-0.15, -0.1) is 11.3 Å². The number of halogens is 1. The Kier molecular flexibility index (Phi) is 6.53. The molecule has 27 heavy (non-hydrogen) atoms. The lowest BCUT2D eigenvalue weighted by Crippen LogP contribution is -2.45. The molecule has 2 saturated heterocycles. The number of amides is 1. The highest BCUT2D eigenvalue weighted by Gasteiger charge is 2.30. The van der Waals surface area contributed by atoms with E-state index in [1.54, 1.807) is 11.3 Å². The lowest BCUT2D eigenvalue weighted by molar-refractivity contribution is -0.134. The molecule has 0 saturated carbocycles. The smallest absolute Gasteiger partial charge is 0.228 e. The van der Waals surface area contributed by atoms with Crippen molar-refractivity contribution in [3.05, 3.63) is 39.8 Å². The second-order valence-electron chi connectivity index (χ2n) is 7.03. The van der Waals surface area contributed by atoms with Crippen LogP contribution in [0.1, 0.15) is 25.0 Å². The standard InChI is InChI=1S/C20H23BrN2O2S2/c21-15-4-1-3-14(9-15)20-22-16(12-27-20)10-19(24)23(17-6-8-26-13-17)11-18-5-2-7-25-18/h1,3-4,9,12,17-18H,2,5-8,10-11,13H2. The van der Waals surface area contributed by atoms with Crippen molar-refractivity contribution in [1.82, 2.24) is 9.88 Å². The van der Waals surface area contributed by atoms with Crippen LogP contribution in [0.25, 0.3) is 10.6 Å². The van der Waals surface area contributed by atoms with Gasteiger partial charge in [-0.25, -0.2) is 4.98 Å². The number of aromatic nitrogens is 1. The molecule has 1 aromatic carbocycles. The van der Waals surface area contributed by atoms with Gasteiger partial charge in [-0.1, -0.05) is 28.1 Å². The number of rotatable bonds is 6. The van der Waals surface area contributed by atoms with E-state index in [1.807, 2.05) is 29.3 Å². The third-order valence-corrected chi connectivity index (χ3v) is 7.63. The Morgan fingerprint density at radius 3 is 3.04 bits per heavy atom. The fourth-order valence-electron chi connectivity index (χ4n) is 3.63. The Balaban J connectivity index is 1.45. The van der Waals surface area contributed by atoms with E-state index < -0.39 is 0 Å². The molecule has 2 aliphatic rings. The second kappa shape index (κ2) is 9.07. The molecule has 0 radical (unpaired) electrons. The zero-order valence-corrected chi connectivity index (χ0v) is 18.3. The average Bonchev–Trinajstić information content (AvgIpc) is 3.42. The number of hydrogen-bond donors (Lipinski definition) is 0. The lowest BCUT2D eigenvalue weighted by Gasteiger charge is -2.30. The molecule has 1 amide bonds. The van der Waals surface area contributed by atoms with Crippen molar-refractivity contribution >= 4 is 44.9 Å². The van der Waals surface area contributed by atoms with Crippen molar-refractivity contribution in [1.29, 1.82) is 0 Å². The van der Waals surface area contributed by atoms with E-state index in [-0.39, 0.29) is 12.0 Å². The van der Waals surface area contributed by atoms with Gasteiger partial charge in [0.15, 0.2) is 0 Å². The highest BCUT2D eigenvalue weighted by molar-refractivity contribution is 9.10. The Bertz CT molecular complexity index is 786. The summed E-state index contributed by atoms with van der Waals surface area (Å²) in [4.78, 5) is 19.9. The fourth-order valence-corrected chi connectivity index (χ4v) is 6.07. The minimum Gasteiger partial charge on any atom is -0.376 e. The lowest BCUT2D eigenvalue weighted by atomic mass is 10.1. The number of carbonyl (C=O) groups is 1. The number of ether oxygens (including phenoxy) is 1. The molecule has 4 nitrogen and oxygen atoms in total. The number of hydrogen-bond acceptors (Lipinski definition) is 5. The van der Waals surface area contributed by atoms with Crippen LogP contribution < -0.4 is 0 Å². The fraction of sp³-hybridized carbons (Fsp3) is 0.500. The molecule has 0 bridgehead atoms. The molecule has 4 rings (SSSR count). The zero-order valence-electron chi connectivity index (χ0n) is 15.1. The molecular formula is C20H23BrN2O2S2. The molecular weight excluding hydrogens is 444 g/mol. The van der Waals surface area contributed by atoms with Crippen LogP contribution in [-0.2, 0) is 16.0 Å². The van der Waals surface area contributed by atoms with Gasteiger partial charge in [0.25, 0.3) is 0 Å². The Hall–Kier alpha value is -0.890. The summed E-state index contributed by atoms with van der Waals surface area (Å²) in [6.07, 6.45) is 3.83. The highest BCUT2D eigenvalue weighted by Crippen LogP contribution is 2.28. The van der Waals surface area contributed by atoms with E-state index in [2.05, 4.69) is 33.0 Å². The summed E-state index contributed by atoms with van der Waals surface area (Å²) >= 11 is 7.05. The first-order chi connectivity index (χ1) is 13.2. The molecule has 2 fully saturated rings. The van der Waals surface area contributed by atoms with Gasteiger partial charge in [0.05, 0.1) is 18.2 Å². The number of thioether (sulfide) groups is 1. The van der Waals surface area contributed by atoms with Crippen molar-refractivity contribution < 1.29 is 9.53 Å². The maximum atomic E-state index is 13.1. The summed E-state index contributed by atoms with van der Waals surface area (Å²) in [5.74, 6) is 2.37. The Labute approximate surface area is 176 Å². The van der Waals surface area contributed by atoms with Crippen LogP contribution in [0.4, 0.5) is 0 Å². The largest absolute Gasteiger partial charge is 0.376 e. The number of thiazole rings is 1. The van der Waals surface area contributed by atoms with Crippen LogP contribution in [-0.4, -0.2) is 52.6 Å². The normalized spacial score (nSPS) is 22.3. The van der Waals surface area contributed by atoms with Crippen molar-refractivity contribution in [2.24, 2.45) is 0 Å². The molecule has 3 heterocycles. The summed E-state index contributed by atoms with van der Waals surface area (Å²) in [5.41, 5.74) is 1.94. The summed E-state index contributed by atoms with van der Waals surface area (Å²) < 4.78 is 6.83. The molecule has 2 aromatic rings. The zero-order chi connectivity index (χ0) is 18.6. The van der Waals surface area contributed by atoms with Gasteiger partial charge >= 0.3 is 0 Å². The predicted molar refractivity (Wildman–Crippen MR) is 115 cm³/mol. The van der Waals surface area contributed by atoms with Crippen LogP contribution in [0.5, 0.6) is 0 Å². The van der Waals surface area contributed by atoms with Crippen LogP contribution in [0.3, 0.4) is 0 Å². The van der Waals surface area contributed by atoms with Crippen molar-refractivity contribution in [3.8, 4) is 10.6 Å². The maximum absolute atomic E-state index is 13.1. The SMILES string of the molecule is O=C(Cc1csc(-c2cccc(Br)c2)n1)N(CC1CCCO1)C1CCSC1. The topological polar surface area (TPSA) is 42.4 Å². The van der Waals surface area contributed by atoms with Crippen molar-refractivity contribution in [2.45, 2.75) is 37.8 Å². The van der Waals surface area contributed by atoms with E-state index in [0.717, 1.165) is 64.7 Å². The number of benzene rings is 1. The third kappa shape index (κ3) is 4.94. The predicted octanol–water partition coefficient (Wildman–Crippen LogP) is 4.63. The molecule has 7 heteroatoms. The highest BCUT2D eigenvalue weighted by atomic mass is 79.9. The monoisotopic (exact) mass is 466 g/mol. The third-order valence-electron chi connectivity index (χ3n) is 5.05. The van der Waals surface area contributed by atoms with E-state index in [1.165, 1.54) is 0 Å². The van der Waals surface area contributed by atoms with Gasteiger partial charge in [-0.3, -0.25) is 4.79 Å².